The van der Waals surface area contributed by atoms with Crippen LogP contribution in [0, 0.1) is 6.92 Å². The normalized spacial score (nSPS) is 10.3. The van der Waals surface area contributed by atoms with Crippen molar-refractivity contribution < 1.29 is 0 Å². The fourth-order valence-corrected chi connectivity index (χ4v) is 1.91. The van der Waals surface area contributed by atoms with Gasteiger partial charge in [-0.1, -0.05) is 0 Å². The zero-order chi connectivity index (χ0) is 10.8. The molecule has 0 aromatic carbocycles. The summed E-state index contributed by atoms with van der Waals surface area (Å²) in [4.78, 5) is 16.5. The van der Waals surface area contributed by atoms with Gasteiger partial charge in [0.1, 0.15) is 0 Å². The van der Waals surface area contributed by atoms with E-state index in [4.69, 9.17) is 23.2 Å². The number of anilines is 2. The SMILES string of the molecule is Cc1cnc(Nc2nc(Cl)nc(Cl)n2)s1. The topological polar surface area (TPSA) is 63.6 Å². The van der Waals surface area contributed by atoms with Crippen molar-refractivity contribution >= 4 is 45.6 Å². The molecule has 2 rings (SSSR count). The van der Waals surface area contributed by atoms with Crippen LogP contribution in [0.1, 0.15) is 4.88 Å². The molecule has 0 saturated heterocycles. The summed E-state index contributed by atoms with van der Waals surface area (Å²) in [7, 11) is 0. The van der Waals surface area contributed by atoms with E-state index in [1.165, 1.54) is 11.3 Å². The van der Waals surface area contributed by atoms with Crippen molar-refractivity contribution in [2.24, 2.45) is 0 Å². The third-order valence-electron chi connectivity index (χ3n) is 1.42. The first-order chi connectivity index (χ1) is 7.13. The van der Waals surface area contributed by atoms with Crippen LogP contribution >= 0.6 is 34.5 Å². The molecule has 2 aromatic heterocycles. The van der Waals surface area contributed by atoms with E-state index in [1.807, 2.05) is 6.92 Å². The lowest BCUT2D eigenvalue weighted by molar-refractivity contribution is 1.05. The van der Waals surface area contributed by atoms with Crippen molar-refractivity contribution in [2.45, 2.75) is 6.92 Å². The minimum Gasteiger partial charge on any atom is -0.300 e. The fraction of sp³-hybridized carbons (Fsp3) is 0.143. The summed E-state index contributed by atoms with van der Waals surface area (Å²) in [5.41, 5.74) is 0. The Hall–Kier alpha value is -0.980. The van der Waals surface area contributed by atoms with Crippen molar-refractivity contribution in [3.05, 3.63) is 21.6 Å². The lowest BCUT2D eigenvalue weighted by Gasteiger charge is -2.00. The smallest absolute Gasteiger partial charge is 0.234 e. The Morgan fingerprint density at radius 1 is 1.20 bits per heavy atom. The van der Waals surface area contributed by atoms with E-state index < -0.39 is 0 Å². The van der Waals surface area contributed by atoms with E-state index in [0.717, 1.165) is 4.88 Å². The number of halogens is 2. The van der Waals surface area contributed by atoms with Crippen LogP contribution in [0.5, 0.6) is 0 Å². The number of aromatic nitrogens is 4. The number of aryl methyl sites for hydroxylation is 1. The fourth-order valence-electron chi connectivity index (χ4n) is 0.890. The summed E-state index contributed by atoms with van der Waals surface area (Å²) >= 11 is 12.7. The van der Waals surface area contributed by atoms with Gasteiger partial charge < -0.3 is 0 Å². The van der Waals surface area contributed by atoms with E-state index >= 15 is 0 Å². The van der Waals surface area contributed by atoms with Crippen LogP contribution in [-0.4, -0.2) is 19.9 Å². The van der Waals surface area contributed by atoms with Crippen LogP contribution in [0.2, 0.25) is 10.6 Å². The molecule has 0 atom stereocenters. The van der Waals surface area contributed by atoms with Gasteiger partial charge in [-0.25, -0.2) is 4.98 Å². The second-order valence-electron chi connectivity index (χ2n) is 2.60. The average molecular weight is 262 g/mol. The maximum atomic E-state index is 5.62. The van der Waals surface area contributed by atoms with Crippen LogP contribution in [0.3, 0.4) is 0 Å². The Labute approximate surface area is 99.5 Å². The van der Waals surface area contributed by atoms with Gasteiger partial charge in [0, 0.05) is 11.1 Å². The minimum atomic E-state index is 0.0470. The number of hydrogen-bond acceptors (Lipinski definition) is 6. The number of thiazole rings is 1. The molecule has 8 heteroatoms. The summed E-state index contributed by atoms with van der Waals surface area (Å²) in [6.07, 6.45) is 1.75. The highest BCUT2D eigenvalue weighted by Crippen LogP contribution is 2.20. The van der Waals surface area contributed by atoms with Crippen LogP contribution in [0.4, 0.5) is 11.1 Å². The van der Waals surface area contributed by atoms with Gasteiger partial charge in [0.2, 0.25) is 16.5 Å². The first kappa shape index (κ1) is 10.5. The molecule has 78 valence electrons. The zero-order valence-electron chi connectivity index (χ0n) is 7.53. The first-order valence-electron chi connectivity index (χ1n) is 3.90. The third kappa shape index (κ3) is 2.74. The molecule has 0 aliphatic rings. The van der Waals surface area contributed by atoms with Gasteiger partial charge >= 0.3 is 0 Å². The Morgan fingerprint density at radius 2 is 1.87 bits per heavy atom. The van der Waals surface area contributed by atoms with E-state index in [2.05, 4.69) is 25.3 Å². The summed E-state index contributed by atoms with van der Waals surface area (Å²) < 4.78 is 0. The molecule has 0 radical (unpaired) electrons. The molecule has 0 fully saturated rings. The second kappa shape index (κ2) is 4.26. The van der Waals surface area contributed by atoms with Gasteiger partial charge in [-0.3, -0.25) is 5.32 Å². The second-order valence-corrected chi connectivity index (χ2v) is 4.51. The molecule has 0 amide bonds. The molecule has 5 nitrogen and oxygen atoms in total. The summed E-state index contributed by atoms with van der Waals surface area (Å²) in [6, 6.07) is 0. The third-order valence-corrected chi connectivity index (χ3v) is 2.59. The number of nitrogens with zero attached hydrogens (tertiary/aromatic N) is 4. The Morgan fingerprint density at radius 3 is 2.40 bits per heavy atom. The Kier molecular flexibility index (Phi) is 2.99. The molecule has 0 bridgehead atoms. The van der Waals surface area contributed by atoms with Crippen molar-refractivity contribution in [3.63, 3.8) is 0 Å². The lowest BCUT2D eigenvalue weighted by Crippen LogP contribution is -1.98. The van der Waals surface area contributed by atoms with E-state index in [0.29, 0.717) is 5.13 Å². The highest BCUT2D eigenvalue weighted by Gasteiger charge is 2.05. The predicted octanol–water partition coefficient (Wildman–Crippen LogP) is 2.69. The van der Waals surface area contributed by atoms with Gasteiger partial charge in [0.15, 0.2) is 5.13 Å². The van der Waals surface area contributed by atoms with Crippen LogP contribution in [-0.2, 0) is 0 Å². The summed E-state index contributed by atoms with van der Waals surface area (Å²) in [6.45, 7) is 1.95. The summed E-state index contributed by atoms with van der Waals surface area (Å²) in [5.74, 6) is 0.286. The number of hydrogen-bond donors (Lipinski definition) is 1. The largest absolute Gasteiger partial charge is 0.300 e. The first-order valence-corrected chi connectivity index (χ1v) is 5.47. The predicted molar refractivity (Wildman–Crippen MR) is 60.0 cm³/mol. The Balaban J connectivity index is 2.24. The van der Waals surface area contributed by atoms with Crippen molar-refractivity contribution in [1.29, 1.82) is 0 Å². The quantitative estimate of drug-likeness (QED) is 0.901. The molecule has 1 N–H and O–H groups in total. The maximum absolute atomic E-state index is 5.62. The van der Waals surface area contributed by atoms with Gasteiger partial charge in [-0.05, 0) is 30.1 Å². The molecular formula is C7H5Cl2N5S. The molecule has 2 heterocycles. The molecule has 0 aliphatic heterocycles. The van der Waals surface area contributed by atoms with E-state index in [1.54, 1.807) is 6.20 Å². The van der Waals surface area contributed by atoms with Crippen molar-refractivity contribution in [3.8, 4) is 0 Å². The maximum Gasteiger partial charge on any atom is 0.234 e. The van der Waals surface area contributed by atoms with Crippen LogP contribution in [0.15, 0.2) is 6.20 Å². The zero-order valence-corrected chi connectivity index (χ0v) is 9.86. The minimum absolute atomic E-state index is 0.0470. The summed E-state index contributed by atoms with van der Waals surface area (Å²) in [5, 5.41) is 3.66. The van der Waals surface area contributed by atoms with Crippen molar-refractivity contribution in [1.82, 2.24) is 19.9 Å². The molecule has 0 saturated carbocycles. The van der Waals surface area contributed by atoms with E-state index in [-0.39, 0.29) is 16.5 Å². The lowest BCUT2D eigenvalue weighted by atomic mass is 10.7. The standard InChI is InChI=1S/C7H5Cl2N5S/c1-3-2-10-7(15-3)14-6-12-4(8)11-5(9)13-6/h2H,1H3,(H,10,11,12,13,14). The van der Waals surface area contributed by atoms with Crippen molar-refractivity contribution in [2.75, 3.05) is 5.32 Å². The monoisotopic (exact) mass is 261 g/mol. The molecule has 0 spiro atoms. The van der Waals surface area contributed by atoms with Gasteiger partial charge in [-0.15, -0.1) is 11.3 Å². The van der Waals surface area contributed by atoms with Crippen LogP contribution in [0.25, 0.3) is 0 Å². The van der Waals surface area contributed by atoms with E-state index in [9.17, 15) is 0 Å². The number of rotatable bonds is 2. The molecule has 0 unspecified atom stereocenters. The molecule has 15 heavy (non-hydrogen) atoms. The van der Waals surface area contributed by atoms with Gasteiger partial charge in [-0.2, -0.15) is 15.0 Å². The molecular weight excluding hydrogens is 257 g/mol. The van der Waals surface area contributed by atoms with Crippen LogP contribution < -0.4 is 5.32 Å². The average Bonchev–Trinajstić information content (AvgIpc) is 2.49. The van der Waals surface area contributed by atoms with Gasteiger partial charge in [0.05, 0.1) is 0 Å². The van der Waals surface area contributed by atoms with Gasteiger partial charge in [0.25, 0.3) is 0 Å². The Bertz CT molecular complexity index is 466. The molecule has 0 aliphatic carbocycles. The number of nitrogens with one attached hydrogen (secondary N) is 1. The highest BCUT2D eigenvalue weighted by atomic mass is 35.5. The molecule has 2 aromatic rings. The highest BCUT2D eigenvalue weighted by molar-refractivity contribution is 7.15.